The predicted octanol–water partition coefficient (Wildman–Crippen LogP) is 5.47. The zero-order chi connectivity index (χ0) is 23.3. The number of carbonyl (C=O) groups excluding carboxylic acids is 1. The van der Waals surface area contributed by atoms with Crippen molar-refractivity contribution in [2.75, 3.05) is 13.1 Å². The number of hydrogen-bond acceptors (Lipinski definition) is 3. The summed E-state index contributed by atoms with van der Waals surface area (Å²) in [6.45, 7) is 2.72. The van der Waals surface area contributed by atoms with E-state index in [1.54, 1.807) is 24.3 Å². The van der Waals surface area contributed by atoms with Gasteiger partial charge < -0.3 is 5.32 Å². The van der Waals surface area contributed by atoms with E-state index in [4.69, 9.17) is 11.6 Å². The fraction of sp³-hybridized carbons (Fsp3) is 0.259. The summed E-state index contributed by atoms with van der Waals surface area (Å²) in [5.74, 6) is -0.397. The standard InChI is InChI=1S/C27H25ClFN3O/c28-24-8-6-22(7-9-24)26(33)31-17-21-2-1-3-23(16-21)27(19-30)12-14-32(15-13-27)18-20-4-10-25(29)11-5-20/h1-11,16H,12-15,17-18H2,(H,31,33). The molecule has 0 bridgehead atoms. The quantitative estimate of drug-likeness (QED) is 0.529. The lowest BCUT2D eigenvalue weighted by Crippen LogP contribution is -2.41. The SMILES string of the molecule is N#CC1(c2cccc(CNC(=O)c3ccc(Cl)cc3)c2)CCN(Cc2ccc(F)cc2)CC1. The summed E-state index contributed by atoms with van der Waals surface area (Å²) in [6.07, 6.45) is 1.45. The Hall–Kier alpha value is -3.20. The van der Waals surface area contributed by atoms with Gasteiger partial charge in [0.15, 0.2) is 0 Å². The van der Waals surface area contributed by atoms with Crippen molar-refractivity contribution in [2.24, 2.45) is 0 Å². The van der Waals surface area contributed by atoms with Crippen molar-refractivity contribution in [3.8, 4) is 6.07 Å². The molecule has 0 aliphatic carbocycles. The maximum Gasteiger partial charge on any atom is 0.251 e. The molecule has 1 amide bonds. The van der Waals surface area contributed by atoms with Crippen molar-refractivity contribution < 1.29 is 9.18 Å². The average molecular weight is 462 g/mol. The van der Waals surface area contributed by atoms with Crippen molar-refractivity contribution in [3.63, 3.8) is 0 Å². The number of amides is 1. The van der Waals surface area contributed by atoms with E-state index in [2.05, 4.69) is 16.3 Å². The zero-order valence-electron chi connectivity index (χ0n) is 18.2. The molecule has 1 N–H and O–H groups in total. The van der Waals surface area contributed by atoms with Gasteiger partial charge in [0.2, 0.25) is 0 Å². The van der Waals surface area contributed by atoms with Gasteiger partial charge in [-0.2, -0.15) is 5.26 Å². The van der Waals surface area contributed by atoms with Crippen LogP contribution in [0.1, 0.15) is 39.9 Å². The molecule has 0 aromatic heterocycles. The molecule has 4 nitrogen and oxygen atoms in total. The Morgan fingerprint density at radius 2 is 1.73 bits per heavy atom. The topological polar surface area (TPSA) is 56.1 Å². The first-order valence-electron chi connectivity index (χ1n) is 11.0. The Morgan fingerprint density at radius 3 is 2.39 bits per heavy atom. The third kappa shape index (κ3) is 5.60. The number of piperidine rings is 1. The van der Waals surface area contributed by atoms with Gasteiger partial charge in [-0.3, -0.25) is 9.69 Å². The second kappa shape index (κ2) is 10.2. The number of halogens is 2. The molecule has 3 aromatic carbocycles. The second-order valence-corrected chi connectivity index (χ2v) is 8.92. The molecule has 0 saturated carbocycles. The third-order valence-corrected chi connectivity index (χ3v) is 6.53. The van der Waals surface area contributed by atoms with Crippen LogP contribution in [0.5, 0.6) is 0 Å². The van der Waals surface area contributed by atoms with Gasteiger partial charge in [0, 0.05) is 36.8 Å². The van der Waals surface area contributed by atoms with Crippen molar-refractivity contribution in [2.45, 2.75) is 31.3 Å². The molecular formula is C27H25ClFN3O. The molecule has 4 rings (SSSR count). The van der Waals surface area contributed by atoms with Gasteiger partial charge in [0.25, 0.3) is 5.91 Å². The zero-order valence-corrected chi connectivity index (χ0v) is 19.0. The first kappa shape index (κ1) is 23.0. The van der Waals surface area contributed by atoms with Crippen LogP contribution in [0, 0.1) is 17.1 Å². The minimum Gasteiger partial charge on any atom is -0.348 e. The highest BCUT2D eigenvalue weighted by atomic mass is 35.5. The minimum absolute atomic E-state index is 0.166. The normalized spacial score (nSPS) is 15.5. The van der Waals surface area contributed by atoms with Gasteiger partial charge in [-0.15, -0.1) is 0 Å². The molecule has 1 aliphatic heterocycles. The fourth-order valence-electron chi connectivity index (χ4n) is 4.27. The van der Waals surface area contributed by atoms with Gasteiger partial charge in [-0.05, 0) is 65.9 Å². The van der Waals surface area contributed by atoms with Crippen LogP contribution in [0.3, 0.4) is 0 Å². The van der Waals surface area contributed by atoms with Gasteiger partial charge in [0.05, 0.1) is 11.5 Å². The molecule has 1 fully saturated rings. The number of nitrogens with one attached hydrogen (secondary N) is 1. The molecule has 0 radical (unpaired) electrons. The van der Waals surface area contributed by atoms with E-state index in [1.165, 1.54) is 12.1 Å². The molecule has 1 heterocycles. The number of benzene rings is 3. The lowest BCUT2D eigenvalue weighted by molar-refractivity contribution is 0.0951. The van der Waals surface area contributed by atoms with E-state index < -0.39 is 5.41 Å². The van der Waals surface area contributed by atoms with Gasteiger partial charge in [0.1, 0.15) is 5.82 Å². The van der Waals surface area contributed by atoms with Gasteiger partial charge in [-0.1, -0.05) is 48.0 Å². The first-order valence-corrected chi connectivity index (χ1v) is 11.4. The Morgan fingerprint density at radius 1 is 1.03 bits per heavy atom. The Bertz CT molecular complexity index is 1150. The molecule has 1 saturated heterocycles. The smallest absolute Gasteiger partial charge is 0.251 e. The van der Waals surface area contributed by atoms with E-state index in [9.17, 15) is 14.4 Å². The van der Waals surface area contributed by atoms with Crippen LogP contribution in [0.4, 0.5) is 4.39 Å². The summed E-state index contributed by atoms with van der Waals surface area (Å²) in [5, 5.41) is 13.6. The average Bonchev–Trinajstić information content (AvgIpc) is 2.85. The lowest BCUT2D eigenvalue weighted by Gasteiger charge is -2.37. The van der Waals surface area contributed by atoms with E-state index in [0.717, 1.165) is 49.2 Å². The van der Waals surface area contributed by atoms with Crippen LogP contribution in [0.25, 0.3) is 0 Å². The number of carbonyl (C=O) groups is 1. The summed E-state index contributed by atoms with van der Waals surface area (Å²) in [7, 11) is 0. The summed E-state index contributed by atoms with van der Waals surface area (Å²) in [6, 6.07) is 23.9. The van der Waals surface area contributed by atoms with Gasteiger partial charge in [-0.25, -0.2) is 4.39 Å². The summed E-state index contributed by atoms with van der Waals surface area (Å²) in [4.78, 5) is 14.7. The largest absolute Gasteiger partial charge is 0.348 e. The van der Waals surface area contributed by atoms with E-state index in [0.29, 0.717) is 17.1 Å². The van der Waals surface area contributed by atoms with Crippen LogP contribution in [-0.2, 0) is 18.5 Å². The highest BCUT2D eigenvalue weighted by Gasteiger charge is 2.36. The predicted molar refractivity (Wildman–Crippen MR) is 127 cm³/mol. The summed E-state index contributed by atoms with van der Waals surface area (Å²) < 4.78 is 13.2. The van der Waals surface area contributed by atoms with E-state index >= 15 is 0 Å². The van der Waals surface area contributed by atoms with Crippen molar-refractivity contribution >= 4 is 17.5 Å². The minimum atomic E-state index is -0.546. The number of rotatable bonds is 6. The second-order valence-electron chi connectivity index (χ2n) is 8.49. The molecule has 1 aliphatic rings. The Labute approximate surface area is 198 Å². The maximum absolute atomic E-state index is 13.2. The summed E-state index contributed by atoms with van der Waals surface area (Å²) in [5.41, 5.74) is 3.02. The van der Waals surface area contributed by atoms with Crippen LogP contribution >= 0.6 is 11.6 Å². The van der Waals surface area contributed by atoms with Crippen LogP contribution in [0.15, 0.2) is 72.8 Å². The number of likely N-dealkylation sites (tertiary alicyclic amines) is 1. The first-order chi connectivity index (χ1) is 16.0. The van der Waals surface area contributed by atoms with Gasteiger partial charge >= 0.3 is 0 Å². The molecular weight excluding hydrogens is 437 g/mol. The van der Waals surface area contributed by atoms with Crippen LogP contribution in [-0.4, -0.2) is 23.9 Å². The van der Waals surface area contributed by atoms with Crippen molar-refractivity contribution in [3.05, 3.63) is 106 Å². The molecule has 33 heavy (non-hydrogen) atoms. The number of nitriles is 1. The Balaban J connectivity index is 1.39. The summed E-state index contributed by atoms with van der Waals surface area (Å²) >= 11 is 5.89. The third-order valence-electron chi connectivity index (χ3n) is 6.28. The van der Waals surface area contributed by atoms with Crippen molar-refractivity contribution in [1.29, 1.82) is 5.26 Å². The highest BCUT2D eigenvalue weighted by molar-refractivity contribution is 6.30. The molecule has 3 aromatic rings. The number of nitrogens with zero attached hydrogens (tertiary/aromatic N) is 2. The Kier molecular flexibility index (Phi) is 7.08. The maximum atomic E-state index is 13.2. The molecule has 0 atom stereocenters. The van der Waals surface area contributed by atoms with Crippen LogP contribution < -0.4 is 5.32 Å². The van der Waals surface area contributed by atoms with E-state index in [1.807, 2.05) is 36.4 Å². The molecule has 0 spiro atoms. The van der Waals surface area contributed by atoms with Crippen molar-refractivity contribution in [1.82, 2.24) is 10.2 Å². The molecule has 6 heteroatoms. The van der Waals surface area contributed by atoms with E-state index in [-0.39, 0.29) is 11.7 Å². The fourth-order valence-corrected chi connectivity index (χ4v) is 4.40. The molecule has 0 unspecified atom stereocenters. The monoisotopic (exact) mass is 461 g/mol. The lowest BCUT2D eigenvalue weighted by atomic mass is 9.73. The van der Waals surface area contributed by atoms with Crippen LogP contribution in [0.2, 0.25) is 5.02 Å². The highest BCUT2D eigenvalue weighted by Crippen LogP contribution is 2.35. The molecule has 168 valence electrons. The number of hydrogen-bond donors (Lipinski definition) is 1.